The highest BCUT2D eigenvalue weighted by Gasteiger charge is 2.39. The van der Waals surface area contributed by atoms with E-state index in [9.17, 15) is 9.59 Å². The Bertz CT molecular complexity index is 1860. The number of aromatic amines is 1. The molecular formula is C39H47N8O3S+. The van der Waals surface area contributed by atoms with Crippen molar-refractivity contribution in [3.63, 3.8) is 0 Å². The Morgan fingerprint density at radius 2 is 1.63 bits per heavy atom. The Kier molecular flexibility index (Phi) is 11.6. The van der Waals surface area contributed by atoms with E-state index in [1.165, 1.54) is 37.0 Å². The molecule has 0 saturated carbocycles. The highest BCUT2D eigenvalue weighted by atomic mass is 32.1. The van der Waals surface area contributed by atoms with Crippen molar-refractivity contribution in [1.29, 1.82) is 0 Å². The Hall–Kier alpha value is -4.84. The van der Waals surface area contributed by atoms with Gasteiger partial charge in [-0.1, -0.05) is 99.8 Å². The van der Waals surface area contributed by atoms with Gasteiger partial charge in [-0.15, -0.1) is 11.3 Å². The van der Waals surface area contributed by atoms with E-state index >= 15 is 0 Å². The molecule has 11 nitrogen and oxygen atoms in total. The average Bonchev–Trinajstić information content (AvgIpc) is 3.84. The molecule has 1 aliphatic rings. The molecular weight excluding hydrogens is 661 g/mol. The molecule has 266 valence electrons. The summed E-state index contributed by atoms with van der Waals surface area (Å²) in [5.74, 6) is 0.948. The molecule has 1 N–H and O–H groups in total. The molecule has 12 heteroatoms. The van der Waals surface area contributed by atoms with Crippen LogP contribution in [0.4, 0.5) is 0 Å². The number of ketones is 1. The second kappa shape index (κ2) is 16.5. The number of Topliss-reactive ketones (excluding diaryl/α,β-unsaturated/α-hetero) is 1. The summed E-state index contributed by atoms with van der Waals surface area (Å²) < 4.78 is 5.91. The number of carbonyl (C=O) groups excluding carboxylic acids is 2. The summed E-state index contributed by atoms with van der Waals surface area (Å²) in [6.07, 6.45) is 10.3. The van der Waals surface area contributed by atoms with Gasteiger partial charge in [0.15, 0.2) is 17.6 Å². The molecule has 1 amide bonds. The van der Waals surface area contributed by atoms with Gasteiger partial charge in [-0.25, -0.2) is 9.97 Å². The largest absolute Gasteiger partial charge is 0.494 e. The van der Waals surface area contributed by atoms with E-state index in [4.69, 9.17) is 4.74 Å². The Morgan fingerprint density at radius 1 is 0.922 bits per heavy atom. The van der Waals surface area contributed by atoms with Crippen LogP contribution < -0.4 is 9.53 Å². The Balaban J connectivity index is 1.09. The molecule has 0 bridgehead atoms. The third-order valence-electron chi connectivity index (χ3n) is 9.30. The first-order valence-corrected chi connectivity index (χ1v) is 18.7. The fourth-order valence-corrected chi connectivity index (χ4v) is 7.17. The number of likely N-dealkylation sites (tertiary alicyclic amines) is 1. The van der Waals surface area contributed by atoms with Gasteiger partial charge in [-0.2, -0.15) is 0 Å². The fourth-order valence-electron chi connectivity index (χ4n) is 6.15. The molecule has 1 atom stereocenters. The van der Waals surface area contributed by atoms with Gasteiger partial charge < -0.3 is 9.64 Å². The van der Waals surface area contributed by atoms with Crippen LogP contribution in [-0.4, -0.2) is 67.1 Å². The number of benzene rings is 2. The monoisotopic (exact) mass is 707 g/mol. The number of hydrogen-bond acceptors (Lipinski definition) is 9. The van der Waals surface area contributed by atoms with E-state index in [1.54, 1.807) is 9.70 Å². The minimum atomic E-state index is -0.500. The van der Waals surface area contributed by atoms with Crippen LogP contribution in [0.5, 0.6) is 5.75 Å². The summed E-state index contributed by atoms with van der Waals surface area (Å²) in [6.45, 7) is 10.3. The Labute approximate surface area is 303 Å². The number of carbonyl (C=O) groups is 2. The summed E-state index contributed by atoms with van der Waals surface area (Å²) >= 11 is 1.52. The van der Waals surface area contributed by atoms with Gasteiger partial charge in [0, 0.05) is 40.7 Å². The lowest BCUT2D eigenvalue weighted by atomic mass is 9.90. The number of nitrogens with one attached hydrogen (secondary N) is 1. The lowest BCUT2D eigenvalue weighted by Gasteiger charge is -2.38. The van der Waals surface area contributed by atoms with Crippen LogP contribution in [0.25, 0.3) is 22.5 Å². The van der Waals surface area contributed by atoms with Gasteiger partial charge in [-0.05, 0) is 53.6 Å². The van der Waals surface area contributed by atoms with Crippen LogP contribution in [0, 0.1) is 5.92 Å². The molecule has 3 aromatic heterocycles. The van der Waals surface area contributed by atoms with E-state index in [0.717, 1.165) is 45.9 Å². The zero-order chi connectivity index (χ0) is 35.8. The number of nitrogens with zero attached hydrogens (tertiary/aromatic N) is 7. The fraction of sp³-hybridized carbons (Fsp3) is 0.436. The van der Waals surface area contributed by atoms with Gasteiger partial charge in [0.05, 0.1) is 24.6 Å². The van der Waals surface area contributed by atoms with Crippen LogP contribution in [0.15, 0.2) is 73.1 Å². The molecule has 5 aromatic rings. The number of ether oxygens (including phenoxy) is 1. The maximum absolute atomic E-state index is 13.8. The van der Waals surface area contributed by atoms with Gasteiger partial charge in [0.2, 0.25) is 16.3 Å². The molecule has 2 aromatic carbocycles. The van der Waals surface area contributed by atoms with E-state index < -0.39 is 5.92 Å². The van der Waals surface area contributed by atoms with Crippen molar-refractivity contribution < 1.29 is 19.1 Å². The maximum Gasteiger partial charge on any atom is 0.231 e. The summed E-state index contributed by atoms with van der Waals surface area (Å²) in [5, 5.41) is 13.9. The molecule has 0 aliphatic carbocycles. The first-order valence-electron chi connectivity index (χ1n) is 17.9. The third kappa shape index (κ3) is 9.29. The van der Waals surface area contributed by atoms with Crippen LogP contribution in [0.3, 0.4) is 0 Å². The topological polar surface area (TPSA) is 131 Å². The normalized spacial score (nSPS) is 13.9. The van der Waals surface area contributed by atoms with Crippen LogP contribution >= 0.6 is 11.3 Å². The molecule has 0 unspecified atom stereocenters. The van der Waals surface area contributed by atoms with Crippen molar-refractivity contribution in [3.8, 4) is 28.3 Å². The lowest BCUT2D eigenvalue weighted by Crippen LogP contribution is -2.63. The first kappa shape index (κ1) is 36.0. The predicted octanol–water partition coefficient (Wildman–Crippen LogP) is 6.83. The lowest BCUT2D eigenvalue weighted by molar-refractivity contribution is -0.835. The van der Waals surface area contributed by atoms with Crippen molar-refractivity contribution in [1.82, 2.24) is 35.7 Å². The second-order valence-corrected chi connectivity index (χ2v) is 15.4. The molecule has 6 rings (SSSR count). The van der Waals surface area contributed by atoms with E-state index in [1.807, 2.05) is 73.1 Å². The number of aromatic nitrogens is 7. The number of unbranched alkanes of at least 4 members (excludes halogenated alkanes) is 4. The molecule has 0 spiro atoms. The van der Waals surface area contributed by atoms with Crippen molar-refractivity contribution in [3.05, 3.63) is 88.4 Å². The maximum atomic E-state index is 13.8. The number of rotatable bonds is 16. The SMILES string of the molecule is CCCCCCCOc1ccc(-c2cnc(-c3ccc(C[C@H](CC(=O)c4ccc(C(C)(C)C)s4)C(=O)N4CC([n+]5nnn[nH]5)C4)cc3)nc2)cc1. The highest BCUT2D eigenvalue weighted by Crippen LogP contribution is 2.32. The molecule has 0 radical (unpaired) electrons. The summed E-state index contributed by atoms with van der Waals surface area (Å²) in [6, 6.07) is 19.9. The van der Waals surface area contributed by atoms with Gasteiger partial charge >= 0.3 is 0 Å². The average molecular weight is 708 g/mol. The number of H-pyrrole nitrogens is 1. The standard InChI is InChI=1S/C39H46N8O3S/c1-5-6-7-8-9-20-50-33-16-14-28(15-17-33)31-23-40-37(41-24-31)29-12-10-27(11-13-29)21-30(22-34(48)35-18-19-36(51-35)39(2,3)4)38(49)46-25-32(26-46)47-44-42-43-45-47/h10-19,23-24,30,32H,5-9,20-22,25-26H2,1-4H3/p+1/t30-/m1/s1. The predicted molar refractivity (Wildman–Crippen MR) is 196 cm³/mol. The zero-order valence-corrected chi connectivity index (χ0v) is 30.7. The van der Waals surface area contributed by atoms with Crippen molar-refractivity contribution in [2.45, 2.75) is 84.1 Å². The van der Waals surface area contributed by atoms with Crippen LogP contribution in [0.2, 0.25) is 0 Å². The second-order valence-electron chi connectivity index (χ2n) is 14.3. The van der Waals surface area contributed by atoms with Crippen molar-refractivity contribution >= 4 is 23.0 Å². The molecule has 1 fully saturated rings. The molecule has 1 aliphatic heterocycles. The van der Waals surface area contributed by atoms with E-state index in [2.05, 4.69) is 58.5 Å². The number of hydrogen-bond donors (Lipinski definition) is 1. The minimum absolute atomic E-state index is 0.00943. The van der Waals surface area contributed by atoms with Crippen molar-refractivity contribution in [2.24, 2.45) is 5.92 Å². The number of thiophene rings is 1. The molecule has 4 heterocycles. The Morgan fingerprint density at radius 3 is 2.27 bits per heavy atom. The summed E-state index contributed by atoms with van der Waals surface area (Å²) in [4.78, 5) is 41.8. The highest BCUT2D eigenvalue weighted by molar-refractivity contribution is 7.14. The first-order chi connectivity index (χ1) is 24.7. The quantitative estimate of drug-likeness (QED) is 0.0671. The van der Waals surface area contributed by atoms with Gasteiger partial charge in [0.1, 0.15) is 11.0 Å². The van der Waals surface area contributed by atoms with Crippen LogP contribution in [0.1, 0.15) is 92.4 Å². The van der Waals surface area contributed by atoms with Gasteiger partial charge in [0.25, 0.3) is 0 Å². The van der Waals surface area contributed by atoms with E-state index in [-0.39, 0.29) is 29.6 Å². The van der Waals surface area contributed by atoms with Gasteiger partial charge in [-0.3, -0.25) is 9.59 Å². The minimum Gasteiger partial charge on any atom is -0.494 e. The smallest absolute Gasteiger partial charge is 0.231 e. The molecule has 51 heavy (non-hydrogen) atoms. The zero-order valence-electron chi connectivity index (χ0n) is 29.9. The summed E-state index contributed by atoms with van der Waals surface area (Å²) in [5.41, 5.74) is 3.76. The van der Waals surface area contributed by atoms with Crippen LogP contribution in [-0.2, 0) is 16.6 Å². The number of amides is 1. The van der Waals surface area contributed by atoms with E-state index in [0.29, 0.717) is 30.2 Å². The molecule has 1 saturated heterocycles. The third-order valence-corrected chi connectivity index (χ3v) is 10.9. The van der Waals surface area contributed by atoms with Crippen molar-refractivity contribution in [2.75, 3.05) is 19.7 Å². The summed E-state index contributed by atoms with van der Waals surface area (Å²) in [7, 11) is 0.